The molecule has 0 aliphatic carbocycles. The maximum absolute atomic E-state index is 10.2. The highest BCUT2D eigenvalue weighted by molar-refractivity contribution is 5.71. The minimum atomic E-state index is 0.514. The Morgan fingerprint density at radius 3 is 2.44 bits per heavy atom. The summed E-state index contributed by atoms with van der Waals surface area (Å²) in [5.74, 6) is 0.911. The molecule has 2 aromatic heterocycles. The normalized spacial score (nSPS) is 9.39. The summed E-state index contributed by atoms with van der Waals surface area (Å²) < 4.78 is 0. The Kier molecular flexibility index (Phi) is 6.10. The molecule has 2 heterocycles. The number of rotatable bonds is 5. The molecule has 0 bridgehead atoms. The van der Waals surface area contributed by atoms with Crippen molar-refractivity contribution in [2.75, 3.05) is 0 Å². The molecule has 2 aromatic rings. The number of aromatic nitrogens is 4. The van der Waals surface area contributed by atoms with Crippen LogP contribution < -0.4 is 0 Å². The van der Waals surface area contributed by atoms with Crippen molar-refractivity contribution in [3.63, 3.8) is 0 Å². The van der Waals surface area contributed by atoms with Crippen LogP contribution in [0.5, 0.6) is 0 Å². The van der Waals surface area contributed by atoms with Crippen molar-refractivity contribution in [3.8, 4) is 0 Å². The van der Waals surface area contributed by atoms with Crippen LogP contribution in [0.2, 0.25) is 0 Å². The predicted octanol–water partition coefficient (Wildman–Crippen LogP) is 1.79. The van der Waals surface area contributed by atoms with E-state index in [9.17, 15) is 9.59 Å². The fourth-order valence-electron chi connectivity index (χ4n) is 1.24. The number of nitrogens with one attached hydrogen (secondary N) is 2. The average Bonchev–Trinajstić information content (AvgIpc) is 3.07. The summed E-state index contributed by atoms with van der Waals surface area (Å²) in [7, 11) is 0. The second-order valence-electron chi connectivity index (χ2n) is 3.63. The first-order chi connectivity index (χ1) is 8.80. The average molecular weight is 248 g/mol. The minimum absolute atomic E-state index is 0.514. The molecule has 0 amide bonds. The van der Waals surface area contributed by atoms with Gasteiger partial charge in [-0.05, 0) is 6.42 Å². The number of carbonyl (C=O) groups excluding carboxylic acids is 2. The molecule has 0 aliphatic rings. The fraction of sp³-hybridized carbons (Fsp3) is 0.333. The summed E-state index contributed by atoms with van der Waals surface area (Å²) in [6.07, 6.45) is 9.19. The van der Waals surface area contributed by atoms with E-state index in [2.05, 4.69) is 26.9 Å². The van der Waals surface area contributed by atoms with Gasteiger partial charge in [0.15, 0.2) is 12.6 Å². The summed E-state index contributed by atoms with van der Waals surface area (Å²) in [5, 5.41) is 0. The lowest BCUT2D eigenvalue weighted by atomic mass is 10.2. The van der Waals surface area contributed by atoms with Crippen molar-refractivity contribution in [2.45, 2.75) is 26.2 Å². The van der Waals surface area contributed by atoms with Crippen LogP contribution in [0.3, 0.4) is 0 Å². The molecule has 0 unspecified atom stereocenters. The van der Waals surface area contributed by atoms with Crippen molar-refractivity contribution in [1.29, 1.82) is 0 Å². The number of hydrogen-bond acceptors (Lipinski definition) is 4. The number of aromatic amines is 2. The van der Waals surface area contributed by atoms with E-state index >= 15 is 0 Å². The maximum Gasteiger partial charge on any atom is 0.167 e. The van der Waals surface area contributed by atoms with Crippen LogP contribution >= 0.6 is 0 Å². The smallest absolute Gasteiger partial charge is 0.167 e. The Morgan fingerprint density at radius 2 is 2.00 bits per heavy atom. The second-order valence-corrected chi connectivity index (χ2v) is 3.63. The third kappa shape index (κ3) is 4.73. The minimum Gasteiger partial charge on any atom is -0.342 e. The molecule has 0 saturated heterocycles. The van der Waals surface area contributed by atoms with Crippen molar-refractivity contribution < 1.29 is 9.59 Å². The van der Waals surface area contributed by atoms with Gasteiger partial charge in [-0.15, -0.1) is 0 Å². The first kappa shape index (κ1) is 13.8. The summed E-state index contributed by atoms with van der Waals surface area (Å²) >= 11 is 0. The molecular formula is C12H16N4O2. The van der Waals surface area contributed by atoms with Gasteiger partial charge in [-0.25, -0.2) is 9.97 Å². The van der Waals surface area contributed by atoms with E-state index in [1.54, 1.807) is 6.20 Å². The number of unbranched alkanes of at least 4 members (excludes halogenated alkanes) is 1. The molecular weight excluding hydrogens is 232 g/mol. The predicted molar refractivity (Wildman–Crippen MR) is 66.6 cm³/mol. The van der Waals surface area contributed by atoms with Crippen molar-refractivity contribution in [2.24, 2.45) is 0 Å². The highest BCUT2D eigenvalue weighted by atomic mass is 16.1. The Bertz CT molecular complexity index is 462. The van der Waals surface area contributed by atoms with Crippen LogP contribution in [0, 0.1) is 0 Å². The highest BCUT2D eigenvalue weighted by Crippen LogP contribution is 1.99. The van der Waals surface area contributed by atoms with E-state index in [0.717, 1.165) is 31.4 Å². The standard InChI is InChI=1S/C8H12N2O.C4H4N2O/c1-2-3-4-8-9-5-7(6-11)10-8;7-2-4-1-5-3-6-4/h5-6H,2-4H2,1H3,(H,9,10);1-3H,(H,5,6). The Morgan fingerprint density at radius 1 is 1.22 bits per heavy atom. The molecule has 18 heavy (non-hydrogen) atoms. The SMILES string of the molecule is CCCCc1ncc(C=O)[nH]1.O=Cc1cnc[nH]1. The number of carbonyl (C=O) groups is 2. The number of imidazole rings is 2. The van der Waals surface area contributed by atoms with E-state index in [0.29, 0.717) is 17.7 Å². The highest BCUT2D eigenvalue weighted by Gasteiger charge is 1.97. The topological polar surface area (TPSA) is 91.5 Å². The van der Waals surface area contributed by atoms with Gasteiger partial charge in [0.25, 0.3) is 0 Å². The Hall–Kier alpha value is -2.24. The van der Waals surface area contributed by atoms with Crippen LogP contribution in [0.15, 0.2) is 18.7 Å². The molecule has 0 saturated carbocycles. The largest absolute Gasteiger partial charge is 0.342 e. The van der Waals surface area contributed by atoms with Gasteiger partial charge in [0, 0.05) is 6.42 Å². The summed E-state index contributed by atoms with van der Waals surface area (Å²) in [4.78, 5) is 33.2. The van der Waals surface area contributed by atoms with Gasteiger partial charge in [0.2, 0.25) is 0 Å². The molecule has 6 heteroatoms. The Labute approximate surface area is 105 Å². The molecule has 0 aromatic carbocycles. The van der Waals surface area contributed by atoms with E-state index in [-0.39, 0.29) is 0 Å². The lowest BCUT2D eigenvalue weighted by Crippen LogP contribution is -1.87. The molecule has 0 radical (unpaired) electrons. The van der Waals surface area contributed by atoms with Crippen molar-refractivity contribution >= 4 is 12.6 Å². The second kappa shape index (κ2) is 7.94. The van der Waals surface area contributed by atoms with Crippen LogP contribution in [-0.4, -0.2) is 32.5 Å². The number of aldehydes is 2. The zero-order chi connectivity index (χ0) is 13.2. The third-order valence-corrected chi connectivity index (χ3v) is 2.19. The number of hydrogen-bond donors (Lipinski definition) is 2. The lowest BCUT2D eigenvalue weighted by Gasteiger charge is -1.90. The van der Waals surface area contributed by atoms with E-state index in [1.807, 2.05) is 0 Å². The van der Waals surface area contributed by atoms with Crippen molar-refractivity contribution in [3.05, 3.63) is 35.9 Å². The number of H-pyrrole nitrogens is 2. The lowest BCUT2D eigenvalue weighted by molar-refractivity contribution is 0.111. The molecule has 2 N–H and O–H groups in total. The molecule has 96 valence electrons. The van der Waals surface area contributed by atoms with Gasteiger partial charge in [0.1, 0.15) is 5.82 Å². The first-order valence-corrected chi connectivity index (χ1v) is 5.72. The number of aryl methyl sites for hydroxylation is 1. The van der Waals surface area contributed by atoms with E-state index in [4.69, 9.17) is 0 Å². The zero-order valence-electron chi connectivity index (χ0n) is 10.2. The van der Waals surface area contributed by atoms with Crippen LogP contribution in [0.1, 0.15) is 46.6 Å². The quantitative estimate of drug-likeness (QED) is 0.789. The summed E-state index contributed by atoms with van der Waals surface area (Å²) in [5.41, 5.74) is 1.08. The van der Waals surface area contributed by atoms with Crippen molar-refractivity contribution in [1.82, 2.24) is 19.9 Å². The van der Waals surface area contributed by atoms with E-state index in [1.165, 1.54) is 12.5 Å². The summed E-state index contributed by atoms with van der Waals surface area (Å²) in [6.45, 7) is 2.13. The van der Waals surface area contributed by atoms with E-state index < -0.39 is 0 Å². The third-order valence-electron chi connectivity index (χ3n) is 2.19. The van der Waals surface area contributed by atoms with Gasteiger partial charge in [0.05, 0.1) is 30.1 Å². The molecule has 6 nitrogen and oxygen atoms in total. The van der Waals surface area contributed by atoms with Gasteiger partial charge in [-0.2, -0.15) is 0 Å². The first-order valence-electron chi connectivity index (χ1n) is 5.72. The van der Waals surface area contributed by atoms with Gasteiger partial charge in [-0.1, -0.05) is 13.3 Å². The molecule has 2 rings (SSSR count). The molecule has 0 fully saturated rings. The number of nitrogens with zero attached hydrogens (tertiary/aromatic N) is 2. The fourth-order valence-corrected chi connectivity index (χ4v) is 1.24. The molecule has 0 aliphatic heterocycles. The van der Waals surface area contributed by atoms with Gasteiger partial charge < -0.3 is 9.97 Å². The Balaban J connectivity index is 0.000000199. The van der Waals surface area contributed by atoms with Gasteiger partial charge >= 0.3 is 0 Å². The van der Waals surface area contributed by atoms with Crippen LogP contribution in [-0.2, 0) is 6.42 Å². The maximum atomic E-state index is 10.2. The zero-order valence-corrected chi connectivity index (χ0v) is 10.2. The molecule has 0 atom stereocenters. The van der Waals surface area contributed by atoms with Gasteiger partial charge in [-0.3, -0.25) is 9.59 Å². The monoisotopic (exact) mass is 248 g/mol. The van der Waals surface area contributed by atoms with Crippen LogP contribution in [0.25, 0.3) is 0 Å². The van der Waals surface area contributed by atoms with Crippen LogP contribution in [0.4, 0.5) is 0 Å². The summed E-state index contributed by atoms with van der Waals surface area (Å²) in [6, 6.07) is 0. The molecule has 0 spiro atoms.